The summed E-state index contributed by atoms with van der Waals surface area (Å²) in [4.78, 5) is 0. The minimum atomic E-state index is -0.155. The molecule has 1 nitrogen and oxygen atoms in total. The summed E-state index contributed by atoms with van der Waals surface area (Å²) in [7, 11) is 0. The second-order valence-corrected chi connectivity index (χ2v) is 3.28. The zero-order valence-corrected chi connectivity index (χ0v) is 7.47. The molecule has 0 aliphatic heterocycles. The molecular formula is C10H14FN. The molecule has 1 unspecified atom stereocenters. The van der Waals surface area contributed by atoms with E-state index in [4.69, 9.17) is 5.73 Å². The van der Waals surface area contributed by atoms with E-state index < -0.39 is 0 Å². The van der Waals surface area contributed by atoms with Crippen molar-refractivity contribution in [1.82, 2.24) is 0 Å². The van der Waals surface area contributed by atoms with Crippen LogP contribution in [0.4, 0.5) is 4.39 Å². The van der Waals surface area contributed by atoms with E-state index in [9.17, 15) is 4.39 Å². The molecule has 0 aliphatic carbocycles. The van der Waals surface area contributed by atoms with Gasteiger partial charge in [-0.05, 0) is 31.9 Å². The lowest BCUT2D eigenvalue weighted by Gasteiger charge is -2.06. The number of hydrogen-bond donors (Lipinski definition) is 1. The molecule has 0 radical (unpaired) electrons. The van der Waals surface area contributed by atoms with Crippen molar-refractivity contribution in [2.45, 2.75) is 26.3 Å². The van der Waals surface area contributed by atoms with Gasteiger partial charge in [-0.2, -0.15) is 0 Å². The molecule has 0 fully saturated rings. The highest BCUT2D eigenvalue weighted by Crippen LogP contribution is 2.11. The molecule has 2 N–H and O–H groups in total. The van der Waals surface area contributed by atoms with Crippen LogP contribution in [-0.4, -0.2) is 6.04 Å². The third kappa shape index (κ3) is 2.31. The molecule has 0 saturated heterocycles. The van der Waals surface area contributed by atoms with Gasteiger partial charge in [-0.15, -0.1) is 0 Å². The van der Waals surface area contributed by atoms with Gasteiger partial charge in [-0.3, -0.25) is 0 Å². The molecule has 66 valence electrons. The first kappa shape index (κ1) is 9.20. The van der Waals surface area contributed by atoms with Gasteiger partial charge in [0.2, 0.25) is 0 Å². The summed E-state index contributed by atoms with van der Waals surface area (Å²) >= 11 is 0. The number of hydrogen-bond acceptors (Lipinski definition) is 1. The summed E-state index contributed by atoms with van der Waals surface area (Å²) in [6.45, 7) is 3.83. The highest BCUT2D eigenvalue weighted by Gasteiger charge is 2.03. The van der Waals surface area contributed by atoms with E-state index in [1.54, 1.807) is 6.07 Å². The normalized spacial score (nSPS) is 13.0. The lowest BCUT2D eigenvalue weighted by Crippen LogP contribution is -2.18. The Kier molecular flexibility index (Phi) is 2.82. The lowest BCUT2D eigenvalue weighted by atomic mass is 10.0. The van der Waals surface area contributed by atoms with Crippen LogP contribution in [0, 0.1) is 12.7 Å². The van der Waals surface area contributed by atoms with Gasteiger partial charge in [-0.1, -0.05) is 17.7 Å². The Hall–Kier alpha value is -0.890. The second-order valence-electron chi connectivity index (χ2n) is 3.28. The highest BCUT2D eigenvalue weighted by molar-refractivity contribution is 5.24. The molecule has 1 aromatic rings. The Morgan fingerprint density at radius 3 is 2.75 bits per heavy atom. The Morgan fingerprint density at radius 1 is 1.50 bits per heavy atom. The quantitative estimate of drug-likeness (QED) is 0.716. The van der Waals surface area contributed by atoms with Gasteiger partial charge >= 0.3 is 0 Å². The lowest BCUT2D eigenvalue weighted by molar-refractivity contribution is 0.595. The third-order valence-corrected chi connectivity index (χ3v) is 1.74. The van der Waals surface area contributed by atoms with Crippen LogP contribution in [0.1, 0.15) is 18.1 Å². The van der Waals surface area contributed by atoms with Crippen LogP contribution in [0.5, 0.6) is 0 Å². The fourth-order valence-electron chi connectivity index (χ4n) is 1.21. The SMILES string of the molecule is Cc1ccc(F)c(CC(C)N)c1. The van der Waals surface area contributed by atoms with Crippen molar-refractivity contribution < 1.29 is 4.39 Å². The second kappa shape index (κ2) is 3.68. The van der Waals surface area contributed by atoms with Crippen LogP contribution >= 0.6 is 0 Å². The molecule has 0 bridgehead atoms. The van der Waals surface area contributed by atoms with Crippen LogP contribution in [0.3, 0.4) is 0 Å². The number of aryl methyl sites for hydroxylation is 1. The van der Waals surface area contributed by atoms with Crippen molar-refractivity contribution >= 4 is 0 Å². The summed E-state index contributed by atoms with van der Waals surface area (Å²) in [5, 5.41) is 0. The van der Waals surface area contributed by atoms with Crippen LogP contribution in [0.15, 0.2) is 18.2 Å². The average molecular weight is 167 g/mol. The Balaban J connectivity index is 2.90. The highest BCUT2D eigenvalue weighted by atomic mass is 19.1. The van der Waals surface area contributed by atoms with Crippen molar-refractivity contribution in [3.8, 4) is 0 Å². The van der Waals surface area contributed by atoms with Gasteiger partial charge in [0.1, 0.15) is 5.82 Å². The van der Waals surface area contributed by atoms with E-state index in [1.165, 1.54) is 6.07 Å². The molecular weight excluding hydrogens is 153 g/mol. The third-order valence-electron chi connectivity index (χ3n) is 1.74. The smallest absolute Gasteiger partial charge is 0.126 e. The van der Waals surface area contributed by atoms with Crippen molar-refractivity contribution in [3.63, 3.8) is 0 Å². The average Bonchev–Trinajstić information content (AvgIpc) is 1.96. The first-order valence-electron chi connectivity index (χ1n) is 4.10. The van der Waals surface area contributed by atoms with Crippen molar-refractivity contribution in [1.29, 1.82) is 0 Å². The fourth-order valence-corrected chi connectivity index (χ4v) is 1.21. The van der Waals surface area contributed by atoms with Crippen LogP contribution < -0.4 is 5.73 Å². The predicted molar refractivity (Wildman–Crippen MR) is 48.5 cm³/mol. The zero-order chi connectivity index (χ0) is 9.14. The van der Waals surface area contributed by atoms with Crippen LogP contribution in [0.2, 0.25) is 0 Å². The van der Waals surface area contributed by atoms with E-state index >= 15 is 0 Å². The van der Waals surface area contributed by atoms with Crippen molar-refractivity contribution in [2.75, 3.05) is 0 Å². The minimum Gasteiger partial charge on any atom is -0.328 e. The van der Waals surface area contributed by atoms with Gasteiger partial charge in [0.05, 0.1) is 0 Å². The predicted octanol–water partition coefficient (Wildman–Crippen LogP) is 2.02. The molecule has 2 heteroatoms. The van der Waals surface area contributed by atoms with Gasteiger partial charge in [0.15, 0.2) is 0 Å². The molecule has 0 heterocycles. The Bertz CT molecular complexity index is 269. The van der Waals surface area contributed by atoms with Crippen molar-refractivity contribution in [2.24, 2.45) is 5.73 Å². The first-order chi connectivity index (χ1) is 5.59. The topological polar surface area (TPSA) is 26.0 Å². The molecule has 12 heavy (non-hydrogen) atoms. The summed E-state index contributed by atoms with van der Waals surface area (Å²) < 4.78 is 13.1. The largest absolute Gasteiger partial charge is 0.328 e. The Labute approximate surface area is 72.4 Å². The summed E-state index contributed by atoms with van der Waals surface area (Å²) in [6.07, 6.45) is 0.605. The molecule has 1 aromatic carbocycles. The van der Waals surface area contributed by atoms with Gasteiger partial charge in [0.25, 0.3) is 0 Å². The summed E-state index contributed by atoms with van der Waals surface area (Å²) in [5.41, 5.74) is 7.37. The standard InChI is InChI=1S/C10H14FN/c1-7-3-4-10(11)9(5-7)6-8(2)12/h3-5,8H,6,12H2,1-2H3. The molecule has 0 aromatic heterocycles. The maximum Gasteiger partial charge on any atom is 0.126 e. The first-order valence-corrected chi connectivity index (χ1v) is 4.10. The molecule has 0 aliphatic rings. The van der Waals surface area contributed by atoms with E-state index in [-0.39, 0.29) is 11.9 Å². The van der Waals surface area contributed by atoms with E-state index in [2.05, 4.69) is 0 Å². The molecule has 0 spiro atoms. The van der Waals surface area contributed by atoms with Gasteiger partial charge in [0, 0.05) is 6.04 Å². The van der Waals surface area contributed by atoms with Crippen LogP contribution in [-0.2, 0) is 6.42 Å². The monoisotopic (exact) mass is 167 g/mol. The molecule has 1 rings (SSSR count). The van der Waals surface area contributed by atoms with E-state index in [0.717, 1.165) is 5.56 Å². The summed E-state index contributed by atoms with van der Waals surface area (Å²) in [6, 6.07) is 5.12. The van der Waals surface area contributed by atoms with Crippen molar-refractivity contribution in [3.05, 3.63) is 35.1 Å². The number of halogens is 1. The van der Waals surface area contributed by atoms with E-state index in [1.807, 2.05) is 19.9 Å². The Morgan fingerprint density at radius 2 is 2.17 bits per heavy atom. The number of nitrogens with two attached hydrogens (primary N) is 1. The molecule has 1 atom stereocenters. The number of benzene rings is 1. The minimum absolute atomic E-state index is 0.0151. The summed E-state index contributed by atoms with van der Waals surface area (Å²) in [5.74, 6) is -0.155. The van der Waals surface area contributed by atoms with Gasteiger partial charge < -0.3 is 5.73 Å². The molecule has 0 saturated carbocycles. The van der Waals surface area contributed by atoms with Gasteiger partial charge in [-0.25, -0.2) is 4.39 Å². The number of rotatable bonds is 2. The molecule has 0 amide bonds. The zero-order valence-electron chi connectivity index (χ0n) is 7.47. The fraction of sp³-hybridized carbons (Fsp3) is 0.400. The maximum absolute atomic E-state index is 13.1. The maximum atomic E-state index is 13.1. The van der Waals surface area contributed by atoms with Crippen LogP contribution in [0.25, 0.3) is 0 Å². The van der Waals surface area contributed by atoms with E-state index in [0.29, 0.717) is 12.0 Å².